The molecule has 0 bridgehead atoms. The molecule has 0 atom stereocenters. The van der Waals surface area contributed by atoms with Crippen LogP contribution in [0.25, 0.3) is 10.8 Å². The maximum Gasteiger partial charge on any atom is 0.259 e. The second-order valence-corrected chi connectivity index (χ2v) is 4.07. The summed E-state index contributed by atoms with van der Waals surface area (Å²) in [6.45, 7) is 0. The first-order valence-electron chi connectivity index (χ1n) is 5.09. The zero-order valence-corrected chi connectivity index (χ0v) is 9.51. The fourth-order valence-electron chi connectivity index (χ4n) is 2.17. The van der Waals surface area contributed by atoms with Crippen LogP contribution in [0, 0.1) is 0 Å². The fourth-order valence-corrected chi connectivity index (χ4v) is 2.36. The lowest BCUT2D eigenvalue weighted by Crippen LogP contribution is -2.20. The molecular weight excluding hydrogens is 234 g/mol. The van der Waals surface area contributed by atoms with Crippen LogP contribution < -0.4 is 5.32 Å². The van der Waals surface area contributed by atoms with Gasteiger partial charge in [0, 0.05) is 5.37 Å². The van der Waals surface area contributed by atoms with Gasteiger partial charge >= 0.3 is 0 Å². The number of rotatable bonds is 1. The average molecular weight is 241 g/mol. The van der Waals surface area contributed by atoms with Crippen molar-refractivity contribution in [3.8, 4) is 0 Å². The lowest BCUT2D eigenvalue weighted by Gasteiger charge is -2.05. The van der Waals surface area contributed by atoms with Crippen LogP contribution in [0.5, 0.6) is 0 Å². The van der Waals surface area contributed by atoms with Gasteiger partial charge < -0.3 is 0 Å². The summed E-state index contributed by atoms with van der Waals surface area (Å²) in [6, 6.07) is 9.29. The predicted molar refractivity (Wildman–Crippen MR) is 68.5 cm³/mol. The Bertz CT molecular complexity index is 691. The van der Waals surface area contributed by atoms with Gasteiger partial charge in [-0.05, 0) is 22.4 Å². The number of imide groups is 1. The Morgan fingerprint density at radius 2 is 1.76 bits per heavy atom. The Hall–Kier alpha value is -2.07. The largest absolute Gasteiger partial charge is 0.288 e. The molecule has 3 rings (SSSR count). The van der Waals surface area contributed by atoms with Gasteiger partial charge in [-0.1, -0.05) is 36.5 Å². The van der Waals surface area contributed by atoms with Gasteiger partial charge in [0.25, 0.3) is 11.8 Å². The van der Waals surface area contributed by atoms with E-state index in [1.54, 1.807) is 0 Å². The minimum atomic E-state index is -0.369. The number of benzene rings is 2. The molecule has 2 aromatic carbocycles. The van der Waals surface area contributed by atoms with E-state index >= 15 is 0 Å². The third-order valence-corrected chi connectivity index (χ3v) is 3.14. The molecule has 17 heavy (non-hydrogen) atoms. The molecule has 0 unspecified atom stereocenters. The SMILES string of the molecule is O=C1NC(=O)c2c1c(C=S)cc1ccccc21. The van der Waals surface area contributed by atoms with Crippen LogP contribution >= 0.6 is 12.2 Å². The molecule has 1 N–H and O–H groups in total. The third-order valence-electron chi connectivity index (χ3n) is 2.89. The third kappa shape index (κ3) is 1.31. The summed E-state index contributed by atoms with van der Waals surface area (Å²) in [7, 11) is 0. The second-order valence-electron chi connectivity index (χ2n) is 3.84. The number of carbonyl (C=O) groups is 2. The molecule has 82 valence electrons. The van der Waals surface area contributed by atoms with Gasteiger partial charge in [0.1, 0.15) is 0 Å². The molecule has 0 fully saturated rings. The summed E-state index contributed by atoms with van der Waals surface area (Å²) >= 11 is 4.90. The van der Waals surface area contributed by atoms with Crippen molar-refractivity contribution in [2.75, 3.05) is 0 Å². The Kier molecular flexibility index (Phi) is 2.06. The number of amides is 2. The number of hydrogen-bond donors (Lipinski definition) is 1. The van der Waals surface area contributed by atoms with Crippen molar-refractivity contribution < 1.29 is 9.59 Å². The summed E-state index contributed by atoms with van der Waals surface area (Å²) in [4.78, 5) is 23.5. The van der Waals surface area contributed by atoms with E-state index in [-0.39, 0.29) is 11.8 Å². The van der Waals surface area contributed by atoms with Gasteiger partial charge in [-0.15, -0.1) is 0 Å². The van der Waals surface area contributed by atoms with Crippen molar-refractivity contribution in [3.05, 3.63) is 47.0 Å². The molecule has 1 heterocycles. The van der Waals surface area contributed by atoms with Crippen LogP contribution in [-0.2, 0) is 0 Å². The minimum Gasteiger partial charge on any atom is -0.288 e. The maximum atomic E-state index is 11.8. The number of fused-ring (bicyclic) bond motifs is 3. The highest BCUT2D eigenvalue weighted by atomic mass is 32.1. The quantitative estimate of drug-likeness (QED) is 0.614. The first-order chi connectivity index (χ1) is 8.22. The Labute approximate surface area is 102 Å². The van der Waals surface area contributed by atoms with E-state index in [4.69, 9.17) is 12.2 Å². The zero-order chi connectivity index (χ0) is 12.0. The highest BCUT2D eigenvalue weighted by molar-refractivity contribution is 7.79. The molecule has 0 spiro atoms. The van der Waals surface area contributed by atoms with Gasteiger partial charge in [-0.2, -0.15) is 0 Å². The van der Waals surface area contributed by atoms with Gasteiger partial charge in [-0.25, -0.2) is 0 Å². The number of thiocarbonyl (C=S) groups is 1. The first-order valence-corrected chi connectivity index (χ1v) is 5.56. The number of carbonyl (C=O) groups excluding carboxylic acids is 2. The lowest BCUT2D eigenvalue weighted by molar-refractivity contribution is 0.0880. The maximum absolute atomic E-state index is 11.8. The lowest BCUT2D eigenvalue weighted by atomic mass is 9.96. The zero-order valence-electron chi connectivity index (χ0n) is 8.69. The molecule has 2 aromatic rings. The second kappa shape index (κ2) is 3.46. The molecule has 2 amide bonds. The van der Waals surface area contributed by atoms with E-state index in [2.05, 4.69) is 5.32 Å². The van der Waals surface area contributed by atoms with E-state index in [0.717, 1.165) is 10.8 Å². The molecule has 0 aromatic heterocycles. The van der Waals surface area contributed by atoms with Crippen LogP contribution in [0.3, 0.4) is 0 Å². The van der Waals surface area contributed by atoms with Crippen LogP contribution in [-0.4, -0.2) is 17.2 Å². The normalized spacial score (nSPS) is 13.6. The van der Waals surface area contributed by atoms with Crippen LogP contribution in [0.15, 0.2) is 30.3 Å². The molecule has 1 aliphatic rings. The molecule has 0 saturated carbocycles. The van der Waals surface area contributed by atoms with E-state index in [0.29, 0.717) is 16.7 Å². The smallest absolute Gasteiger partial charge is 0.259 e. The summed E-state index contributed by atoms with van der Waals surface area (Å²) in [5, 5.41) is 5.43. The summed E-state index contributed by atoms with van der Waals surface area (Å²) < 4.78 is 0. The van der Waals surface area contributed by atoms with Crippen molar-refractivity contribution in [2.45, 2.75) is 0 Å². The van der Waals surface area contributed by atoms with Gasteiger partial charge in [0.2, 0.25) is 0 Å². The van der Waals surface area contributed by atoms with Crippen molar-refractivity contribution in [2.24, 2.45) is 0 Å². The Balaban J connectivity index is 2.54. The summed E-state index contributed by atoms with van der Waals surface area (Å²) in [5.74, 6) is -0.716. The molecule has 3 nitrogen and oxygen atoms in total. The molecule has 1 aliphatic heterocycles. The van der Waals surface area contributed by atoms with Crippen LogP contribution in [0.2, 0.25) is 0 Å². The minimum absolute atomic E-state index is 0.347. The molecular formula is C13H7NO2S. The predicted octanol–water partition coefficient (Wildman–Crippen LogP) is 2.07. The first kappa shape index (κ1) is 10.1. The highest BCUT2D eigenvalue weighted by Gasteiger charge is 2.30. The average Bonchev–Trinajstić information content (AvgIpc) is 2.65. The van der Waals surface area contributed by atoms with Gasteiger partial charge in [0.15, 0.2) is 0 Å². The molecule has 0 radical (unpaired) electrons. The van der Waals surface area contributed by atoms with Crippen molar-refractivity contribution >= 4 is 40.2 Å². The standard InChI is InChI=1S/C13H7NO2S/c15-12-10-8(6-17)5-7-3-1-2-4-9(7)11(10)13(16)14-12/h1-6H,(H,14,15,16). The molecule has 4 heteroatoms. The van der Waals surface area contributed by atoms with Crippen LogP contribution in [0.4, 0.5) is 0 Å². The van der Waals surface area contributed by atoms with Gasteiger partial charge in [-0.3, -0.25) is 14.9 Å². The van der Waals surface area contributed by atoms with Crippen molar-refractivity contribution in [3.63, 3.8) is 0 Å². The number of hydrogen-bond acceptors (Lipinski definition) is 3. The molecule has 0 saturated heterocycles. The van der Waals surface area contributed by atoms with E-state index < -0.39 is 0 Å². The van der Waals surface area contributed by atoms with Crippen molar-refractivity contribution in [1.82, 2.24) is 5.32 Å². The Morgan fingerprint density at radius 3 is 2.53 bits per heavy atom. The van der Waals surface area contributed by atoms with Crippen LogP contribution in [0.1, 0.15) is 26.3 Å². The highest BCUT2D eigenvalue weighted by Crippen LogP contribution is 2.28. The fraction of sp³-hybridized carbons (Fsp3) is 0. The number of nitrogens with one attached hydrogen (secondary N) is 1. The van der Waals surface area contributed by atoms with Gasteiger partial charge in [0.05, 0.1) is 11.1 Å². The summed E-state index contributed by atoms with van der Waals surface area (Å²) in [5.41, 5.74) is 1.45. The van der Waals surface area contributed by atoms with E-state index in [1.165, 1.54) is 5.37 Å². The van der Waals surface area contributed by atoms with E-state index in [9.17, 15) is 9.59 Å². The van der Waals surface area contributed by atoms with Crippen molar-refractivity contribution in [1.29, 1.82) is 0 Å². The Morgan fingerprint density at radius 1 is 1.06 bits per heavy atom. The summed E-state index contributed by atoms with van der Waals surface area (Å²) in [6.07, 6.45) is 0. The van der Waals surface area contributed by atoms with E-state index in [1.807, 2.05) is 30.3 Å². The monoisotopic (exact) mass is 241 g/mol. The topological polar surface area (TPSA) is 46.2 Å². The molecule has 0 aliphatic carbocycles.